The maximum atomic E-state index is 13.5. The first-order chi connectivity index (χ1) is 11.1. The SMILES string of the molecule is O=C(c1ccc(Cl)nc1)N1CCc2[nH]c3ccc(F)cc3c2C1. The Balaban J connectivity index is 1.67. The maximum Gasteiger partial charge on any atom is 0.255 e. The molecule has 6 heteroatoms. The summed E-state index contributed by atoms with van der Waals surface area (Å²) in [6.45, 7) is 1.07. The Morgan fingerprint density at radius 2 is 2.17 bits per heavy atom. The zero-order valence-corrected chi connectivity index (χ0v) is 12.9. The van der Waals surface area contributed by atoms with Crippen molar-refractivity contribution in [3.8, 4) is 0 Å². The molecule has 4 nitrogen and oxygen atoms in total. The zero-order chi connectivity index (χ0) is 16.0. The molecule has 1 N–H and O–H groups in total. The second-order valence-corrected chi connectivity index (χ2v) is 6.01. The highest BCUT2D eigenvalue weighted by Gasteiger charge is 2.25. The molecule has 3 aromatic rings. The molecule has 0 saturated carbocycles. The number of aromatic amines is 1. The first-order valence-corrected chi connectivity index (χ1v) is 7.69. The molecule has 0 radical (unpaired) electrons. The first-order valence-electron chi connectivity index (χ1n) is 7.31. The number of nitrogens with zero attached hydrogens (tertiary/aromatic N) is 2. The highest BCUT2D eigenvalue weighted by atomic mass is 35.5. The standard InChI is InChI=1S/C17H13ClFN3O/c18-16-4-1-10(8-20-16)17(23)22-6-5-15-13(9-22)12-7-11(19)2-3-14(12)21-15/h1-4,7-8,21H,5-6,9H2. The van der Waals surface area contributed by atoms with Gasteiger partial charge in [-0.15, -0.1) is 0 Å². The van der Waals surface area contributed by atoms with Gasteiger partial charge in [-0.2, -0.15) is 0 Å². The third kappa shape index (κ3) is 2.47. The molecule has 1 aliphatic heterocycles. The van der Waals surface area contributed by atoms with Gasteiger partial charge in [0.15, 0.2) is 0 Å². The number of nitrogens with one attached hydrogen (secondary N) is 1. The molecule has 3 heterocycles. The average Bonchev–Trinajstić information content (AvgIpc) is 2.92. The van der Waals surface area contributed by atoms with Gasteiger partial charge in [-0.05, 0) is 30.3 Å². The highest BCUT2D eigenvalue weighted by Crippen LogP contribution is 2.29. The third-order valence-electron chi connectivity index (χ3n) is 4.20. The van der Waals surface area contributed by atoms with Gasteiger partial charge in [0.25, 0.3) is 5.91 Å². The summed E-state index contributed by atoms with van der Waals surface area (Å²) in [5.41, 5.74) is 3.47. The van der Waals surface area contributed by atoms with Crippen LogP contribution in [0.1, 0.15) is 21.6 Å². The third-order valence-corrected chi connectivity index (χ3v) is 4.42. The van der Waals surface area contributed by atoms with Crippen molar-refractivity contribution in [1.82, 2.24) is 14.9 Å². The van der Waals surface area contributed by atoms with Gasteiger partial charge in [0, 0.05) is 47.9 Å². The zero-order valence-electron chi connectivity index (χ0n) is 12.1. The number of hydrogen-bond donors (Lipinski definition) is 1. The average molecular weight is 330 g/mol. The Morgan fingerprint density at radius 1 is 1.30 bits per heavy atom. The van der Waals surface area contributed by atoms with Crippen LogP contribution in [0.15, 0.2) is 36.5 Å². The van der Waals surface area contributed by atoms with E-state index in [1.165, 1.54) is 18.3 Å². The largest absolute Gasteiger partial charge is 0.358 e. The number of carbonyl (C=O) groups is 1. The molecule has 0 aliphatic carbocycles. The maximum absolute atomic E-state index is 13.5. The van der Waals surface area contributed by atoms with Crippen LogP contribution in [-0.4, -0.2) is 27.3 Å². The summed E-state index contributed by atoms with van der Waals surface area (Å²) in [5.74, 6) is -0.366. The summed E-state index contributed by atoms with van der Waals surface area (Å²) in [7, 11) is 0. The van der Waals surface area contributed by atoms with E-state index in [-0.39, 0.29) is 11.7 Å². The number of carbonyl (C=O) groups excluding carboxylic acids is 1. The van der Waals surface area contributed by atoms with Gasteiger partial charge in [0.05, 0.1) is 5.56 Å². The number of aromatic nitrogens is 2. The van der Waals surface area contributed by atoms with Crippen molar-refractivity contribution in [1.29, 1.82) is 0 Å². The van der Waals surface area contributed by atoms with Gasteiger partial charge < -0.3 is 9.88 Å². The van der Waals surface area contributed by atoms with E-state index in [2.05, 4.69) is 9.97 Å². The van der Waals surface area contributed by atoms with E-state index in [1.54, 1.807) is 23.1 Å². The van der Waals surface area contributed by atoms with Crippen LogP contribution >= 0.6 is 11.6 Å². The molecule has 2 aromatic heterocycles. The molecule has 0 bridgehead atoms. The minimum absolute atomic E-state index is 0.0921. The Morgan fingerprint density at radius 3 is 2.96 bits per heavy atom. The Labute approximate surface area is 136 Å². The van der Waals surface area contributed by atoms with Crippen LogP contribution in [-0.2, 0) is 13.0 Å². The molecule has 0 fully saturated rings. The molecule has 1 amide bonds. The molecule has 1 aliphatic rings. The fourth-order valence-electron chi connectivity index (χ4n) is 3.04. The first kappa shape index (κ1) is 14.2. The number of halogens is 2. The molecule has 0 unspecified atom stereocenters. The summed E-state index contributed by atoms with van der Waals surface area (Å²) in [6, 6.07) is 7.96. The molecular formula is C17H13ClFN3O. The lowest BCUT2D eigenvalue weighted by Crippen LogP contribution is -2.35. The Hall–Kier alpha value is -2.40. The fraction of sp³-hybridized carbons (Fsp3) is 0.176. The van der Waals surface area contributed by atoms with Gasteiger partial charge in [-0.3, -0.25) is 4.79 Å². The number of hydrogen-bond acceptors (Lipinski definition) is 2. The van der Waals surface area contributed by atoms with E-state index in [4.69, 9.17) is 11.6 Å². The van der Waals surface area contributed by atoms with Crippen LogP contribution in [0.4, 0.5) is 4.39 Å². The second-order valence-electron chi connectivity index (χ2n) is 5.62. The molecule has 0 saturated heterocycles. The minimum Gasteiger partial charge on any atom is -0.358 e. The van der Waals surface area contributed by atoms with E-state index < -0.39 is 0 Å². The molecule has 0 atom stereocenters. The molecular weight excluding hydrogens is 317 g/mol. The lowest BCUT2D eigenvalue weighted by molar-refractivity contribution is 0.0734. The van der Waals surface area contributed by atoms with Crippen LogP contribution in [0.25, 0.3) is 10.9 Å². The summed E-state index contributed by atoms with van der Waals surface area (Å²) < 4.78 is 13.5. The molecule has 116 valence electrons. The molecule has 23 heavy (non-hydrogen) atoms. The summed E-state index contributed by atoms with van der Waals surface area (Å²) in [5, 5.41) is 1.20. The lowest BCUT2D eigenvalue weighted by Gasteiger charge is -2.27. The van der Waals surface area contributed by atoms with E-state index in [0.717, 1.165) is 28.6 Å². The van der Waals surface area contributed by atoms with E-state index in [1.807, 2.05) is 0 Å². The quantitative estimate of drug-likeness (QED) is 0.694. The van der Waals surface area contributed by atoms with Crippen molar-refractivity contribution < 1.29 is 9.18 Å². The van der Waals surface area contributed by atoms with E-state index >= 15 is 0 Å². The molecule has 4 rings (SSSR count). The minimum atomic E-state index is -0.273. The van der Waals surface area contributed by atoms with Crippen LogP contribution in [0, 0.1) is 5.82 Å². The van der Waals surface area contributed by atoms with Crippen LogP contribution in [0.2, 0.25) is 5.15 Å². The number of amides is 1. The van der Waals surface area contributed by atoms with Gasteiger partial charge in [0.1, 0.15) is 11.0 Å². The second kappa shape index (κ2) is 5.35. The van der Waals surface area contributed by atoms with Gasteiger partial charge in [-0.25, -0.2) is 9.37 Å². The number of pyridine rings is 1. The lowest BCUT2D eigenvalue weighted by atomic mass is 10.0. The highest BCUT2D eigenvalue weighted by molar-refractivity contribution is 6.29. The van der Waals surface area contributed by atoms with Crippen molar-refractivity contribution in [3.05, 3.63) is 64.3 Å². The van der Waals surface area contributed by atoms with Crippen molar-refractivity contribution in [2.45, 2.75) is 13.0 Å². The number of benzene rings is 1. The van der Waals surface area contributed by atoms with E-state index in [9.17, 15) is 9.18 Å². The van der Waals surface area contributed by atoms with Crippen molar-refractivity contribution in [2.24, 2.45) is 0 Å². The Bertz CT molecular complexity index is 904. The molecule has 1 aromatic carbocycles. The number of rotatable bonds is 1. The van der Waals surface area contributed by atoms with Crippen molar-refractivity contribution >= 4 is 28.4 Å². The van der Waals surface area contributed by atoms with Gasteiger partial charge in [0.2, 0.25) is 0 Å². The topological polar surface area (TPSA) is 49.0 Å². The van der Waals surface area contributed by atoms with Gasteiger partial charge >= 0.3 is 0 Å². The smallest absolute Gasteiger partial charge is 0.255 e. The van der Waals surface area contributed by atoms with Crippen molar-refractivity contribution in [2.75, 3.05) is 6.54 Å². The molecule has 0 spiro atoms. The summed E-state index contributed by atoms with van der Waals surface area (Å²) in [4.78, 5) is 21.6. The normalized spacial score (nSPS) is 14.1. The number of H-pyrrole nitrogens is 1. The fourth-order valence-corrected chi connectivity index (χ4v) is 3.16. The van der Waals surface area contributed by atoms with Crippen molar-refractivity contribution in [3.63, 3.8) is 0 Å². The van der Waals surface area contributed by atoms with Crippen LogP contribution in [0.3, 0.4) is 0 Å². The Kier molecular flexibility index (Phi) is 3.31. The summed E-state index contributed by atoms with van der Waals surface area (Å²) >= 11 is 5.76. The van der Waals surface area contributed by atoms with Crippen LogP contribution in [0.5, 0.6) is 0 Å². The van der Waals surface area contributed by atoms with Gasteiger partial charge in [-0.1, -0.05) is 11.6 Å². The summed E-state index contributed by atoms with van der Waals surface area (Å²) in [6.07, 6.45) is 2.20. The predicted octanol–water partition coefficient (Wildman–Crippen LogP) is 3.55. The predicted molar refractivity (Wildman–Crippen MR) is 85.9 cm³/mol. The number of fused-ring (bicyclic) bond motifs is 3. The van der Waals surface area contributed by atoms with Crippen LogP contribution < -0.4 is 0 Å². The van der Waals surface area contributed by atoms with E-state index in [0.29, 0.717) is 23.8 Å². The monoisotopic (exact) mass is 329 g/mol.